The van der Waals surface area contributed by atoms with E-state index in [-0.39, 0.29) is 17.9 Å². The number of imide groups is 1. The van der Waals surface area contributed by atoms with Crippen LogP contribution in [0.15, 0.2) is 0 Å². The van der Waals surface area contributed by atoms with Crippen LogP contribution in [0.3, 0.4) is 0 Å². The third-order valence-corrected chi connectivity index (χ3v) is 3.72. The quantitative estimate of drug-likeness (QED) is 0.704. The molecule has 0 radical (unpaired) electrons. The standard InChI is InChI=1S/C11H20N2O2S/c1-4-5-13-10(14)6-9(11(13)15)12-7-8(2)16-3/h8-9,12H,4-7H2,1-3H3. The minimum atomic E-state index is -0.298. The number of nitrogens with one attached hydrogen (secondary N) is 1. The van der Waals surface area contributed by atoms with E-state index in [2.05, 4.69) is 12.2 Å². The summed E-state index contributed by atoms with van der Waals surface area (Å²) in [6.07, 6.45) is 3.18. The first kappa shape index (κ1) is 13.5. The summed E-state index contributed by atoms with van der Waals surface area (Å²) in [4.78, 5) is 24.8. The lowest BCUT2D eigenvalue weighted by Crippen LogP contribution is -2.41. The second kappa shape index (κ2) is 6.25. The maximum atomic E-state index is 11.8. The van der Waals surface area contributed by atoms with Gasteiger partial charge < -0.3 is 5.32 Å². The van der Waals surface area contributed by atoms with Crippen molar-refractivity contribution in [3.8, 4) is 0 Å². The van der Waals surface area contributed by atoms with Crippen molar-refractivity contribution in [1.29, 1.82) is 0 Å². The van der Waals surface area contributed by atoms with E-state index in [4.69, 9.17) is 0 Å². The van der Waals surface area contributed by atoms with Crippen molar-refractivity contribution < 1.29 is 9.59 Å². The summed E-state index contributed by atoms with van der Waals surface area (Å²) in [5.41, 5.74) is 0. The monoisotopic (exact) mass is 244 g/mol. The fourth-order valence-corrected chi connectivity index (χ4v) is 1.96. The Morgan fingerprint density at radius 3 is 2.81 bits per heavy atom. The lowest BCUT2D eigenvalue weighted by molar-refractivity contribution is -0.138. The summed E-state index contributed by atoms with van der Waals surface area (Å²) in [6.45, 7) is 5.39. The highest BCUT2D eigenvalue weighted by atomic mass is 32.2. The Morgan fingerprint density at radius 1 is 1.56 bits per heavy atom. The number of rotatable bonds is 6. The summed E-state index contributed by atoms with van der Waals surface area (Å²) in [5.74, 6) is -0.0960. The maximum Gasteiger partial charge on any atom is 0.246 e. The summed E-state index contributed by atoms with van der Waals surface area (Å²) >= 11 is 1.75. The first-order chi connectivity index (χ1) is 7.60. The molecule has 0 aromatic carbocycles. The van der Waals surface area contributed by atoms with Crippen LogP contribution in [0.1, 0.15) is 26.7 Å². The zero-order valence-electron chi connectivity index (χ0n) is 10.2. The predicted octanol–water partition coefficient (Wildman–Crippen LogP) is 0.865. The van der Waals surface area contributed by atoms with Gasteiger partial charge in [-0.3, -0.25) is 14.5 Å². The average molecular weight is 244 g/mol. The lowest BCUT2D eigenvalue weighted by atomic mass is 10.2. The SMILES string of the molecule is CCCN1C(=O)CC(NCC(C)SC)C1=O. The Balaban J connectivity index is 2.46. The van der Waals surface area contributed by atoms with Gasteiger partial charge in [-0.2, -0.15) is 11.8 Å². The number of thioether (sulfide) groups is 1. The van der Waals surface area contributed by atoms with E-state index in [1.165, 1.54) is 4.90 Å². The van der Waals surface area contributed by atoms with Crippen LogP contribution in [0.4, 0.5) is 0 Å². The van der Waals surface area contributed by atoms with Gasteiger partial charge in [-0.15, -0.1) is 0 Å². The van der Waals surface area contributed by atoms with Crippen LogP contribution in [0.25, 0.3) is 0 Å². The highest BCUT2D eigenvalue weighted by Crippen LogP contribution is 2.14. The normalized spacial score (nSPS) is 22.9. The van der Waals surface area contributed by atoms with E-state index in [1.807, 2.05) is 13.2 Å². The molecule has 2 atom stereocenters. The minimum absolute atomic E-state index is 0.0406. The van der Waals surface area contributed by atoms with Gasteiger partial charge in [0.2, 0.25) is 11.8 Å². The molecule has 1 fully saturated rings. The molecular formula is C11H20N2O2S. The molecule has 0 aromatic heterocycles. The van der Waals surface area contributed by atoms with Crippen LogP contribution in [-0.4, -0.2) is 47.4 Å². The van der Waals surface area contributed by atoms with Crippen molar-refractivity contribution >= 4 is 23.6 Å². The third-order valence-electron chi connectivity index (χ3n) is 2.75. The van der Waals surface area contributed by atoms with Crippen LogP contribution in [0.5, 0.6) is 0 Å². The van der Waals surface area contributed by atoms with Crippen molar-refractivity contribution in [2.75, 3.05) is 19.3 Å². The Kier molecular flexibility index (Phi) is 5.28. The van der Waals surface area contributed by atoms with Crippen molar-refractivity contribution in [2.45, 2.75) is 38.0 Å². The highest BCUT2D eigenvalue weighted by molar-refractivity contribution is 7.99. The second-order valence-corrected chi connectivity index (χ2v) is 5.37. The van der Waals surface area contributed by atoms with Gasteiger partial charge in [0.1, 0.15) is 0 Å². The van der Waals surface area contributed by atoms with Crippen LogP contribution in [-0.2, 0) is 9.59 Å². The molecule has 1 heterocycles. The summed E-state index contributed by atoms with van der Waals surface area (Å²) < 4.78 is 0. The van der Waals surface area contributed by atoms with Gasteiger partial charge in [0, 0.05) is 18.3 Å². The largest absolute Gasteiger partial charge is 0.304 e. The molecule has 0 spiro atoms. The minimum Gasteiger partial charge on any atom is -0.304 e. The molecule has 16 heavy (non-hydrogen) atoms. The fourth-order valence-electron chi connectivity index (χ4n) is 1.69. The van der Waals surface area contributed by atoms with Gasteiger partial charge in [-0.1, -0.05) is 13.8 Å². The summed E-state index contributed by atoms with van der Waals surface area (Å²) in [7, 11) is 0. The number of carbonyl (C=O) groups is 2. The first-order valence-electron chi connectivity index (χ1n) is 5.70. The fraction of sp³-hybridized carbons (Fsp3) is 0.818. The van der Waals surface area contributed by atoms with E-state index in [0.717, 1.165) is 13.0 Å². The summed E-state index contributed by atoms with van der Waals surface area (Å²) in [6, 6.07) is -0.298. The Labute approximate surface area is 101 Å². The van der Waals surface area contributed by atoms with Gasteiger partial charge in [-0.25, -0.2) is 0 Å². The molecule has 1 aliphatic rings. The third kappa shape index (κ3) is 3.22. The smallest absolute Gasteiger partial charge is 0.246 e. The van der Waals surface area contributed by atoms with Crippen LogP contribution < -0.4 is 5.32 Å². The molecule has 0 aliphatic carbocycles. The van der Waals surface area contributed by atoms with E-state index in [1.54, 1.807) is 11.8 Å². The lowest BCUT2D eigenvalue weighted by Gasteiger charge is -2.15. The van der Waals surface area contributed by atoms with Crippen LogP contribution in [0.2, 0.25) is 0 Å². The molecule has 2 amide bonds. The number of hydrogen-bond acceptors (Lipinski definition) is 4. The molecule has 1 aliphatic heterocycles. The first-order valence-corrected chi connectivity index (χ1v) is 6.99. The molecule has 1 saturated heterocycles. The second-order valence-electron chi connectivity index (χ2n) is 4.09. The van der Waals surface area contributed by atoms with Crippen LogP contribution >= 0.6 is 11.8 Å². The molecule has 1 rings (SSSR count). The number of likely N-dealkylation sites (tertiary alicyclic amines) is 1. The topological polar surface area (TPSA) is 49.4 Å². The molecule has 2 unspecified atom stereocenters. The van der Waals surface area contributed by atoms with Gasteiger partial charge >= 0.3 is 0 Å². The average Bonchev–Trinajstić information content (AvgIpc) is 2.54. The van der Waals surface area contributed by atoms with Crippen molar-refractivity contribution in [3.63, 3.8) is 0 Å². The van der Waals surface area contributed by atoms with E-state index in [9.17, 15) is 9.59 Å². The van der Waals surface area contributed by atoms with Gasteiger partial charge in [0.25, 0.3) is 0 Å². The molecule has 5 heteroatoms. The Morgan fingerprint density at radius 2 is 2.25 bits per heavy atom. The number of nitrogens with zero attached hydrogens (tertiary/aromatic N) is 1. The van der Waals surface area contributed by atoms with Gasteiger partial charge in [-0.05, 0) is 12.7 Å². The zero-order chi connectivity index (χ0) is 12.1. The number of amides is 2. The van der Waals surface area contributed by atoms with Crippen molar-refractivity contribution in [1.82, 2.24) is 10.2 Å². The van der Waals surface area contributed by atoms with Gasteiger partial charge in [0.05, 0.1) is 12.5 Å². The molecular weight excluding hydrogens is 224 g/mol. The molecule has 1 N–H and O–H groups in total. The number of carbonyl (C=O) groups excluding carboxylic acids is 2. The predicted molar refractivity (Wildman–Crippen MR) is 66.4 cm³/mol. The molecule has 0 aromatic rings. The molecule has 92 valence electrons. The Hall–Kier alpha value is -0.550. The number of hydrogen-bond donors (Lipinski definition) is 1. The maximum absolute atomic E-state index is 11.8. The summed E-state index contributed by atoms with van der Waals surface area (Å²) in [5, 5.41) is 3.63. The zero-order valence-corrected chi connectivity index (χ0v) is 11.0. The van der Waals surface area contributed by atoms with Crippen LogP contribution in [0, 0.1) is 0 Å². The van der Waals surface area contributed by atoms with Crippen molar-refractivity contribution in [2.24, 2.45) is 0 Å². The molecule has 4 nitrogen and oxygen atoms in total. The Bertz CT molecular complexity index is 271. The molecule has 0 bridgehead atoms. The van der Waals surface area contributed by atoms with E-state index in [0.29, 0.717) is 18.2 Å². The highest BCUT2D eigenvalue weighted by Gasteiger charge is 2.37. The van der Waals surface area contributed by atoms with E-state index < -0.39 is 0 Å². The molecule has 0 saturated carbocycles. The van der Waals surface area contributed by atoms with Crippen molar-refractivity contribution in [3.05, 3.63) is 0 Å². The van der Waals surface area contributed by atoms with E-state index >= 15 is 0 Å². The van der Waals surface area contributed by atoms with Gasteiger partial charge in [0.15, 0.2) is 0 Å².